The number of alkyl halides is 1. The van der Waals surface area contributed by atoms with Gasteiger partial charge in [-0.1, -0.05) is 15.9 Å². The summed E-state index contributed by atoms with van der Waals surface area (Å²) < 4.78 is 3.92. The van der Waals surface area contributed by atoms with Crippen LogP contribution in [0.1, 0.15) is 5.82 Å². The van der Waals surface area contributed by atoms with Crippen molar-refractivity contribution in [1.29, 1.82) is 0 Å². The summed E-state index contributed by atoms with van der Waals surface area (Å²) in [6, 6.07) is 0. The first-order valence-corrected chi connectivity index (χ1v) is 3.70. The summed E-state index contributed by atoms with van der Waals surface area (Å²) in [5.74, 6) is 0.866. The van der Waals surface area contributed by atoms with Crippen LogP contribution in [0.15, 0.2) is 5.51 Å². The topological polar surface area (TPSA) is 25.8 Å². The number of hydrogen-bond acceptors (Lipinski definition) is 3. The Morgan fingerprint density at radius 2 is 2.71 bits per heavy atom. The lowest BCUT2D eigenvalue weighted by atomic mass is 10.8. The molecule has 0 amide bonds. The number of rotatable bonds is 1. The maximum absolute atomic E-state index is 3.92. The zero-order valence-electron chi connectivity index (χ0n) is 3.47. The third-order valence-electron chi connectivity index (χ3n) is 0.526. The molecule has 1 aromatic rings. The summed E-state index contributed by atoms with van der Waals surface area (Å²) >= 11 is 4.59. The fourth-order valence-corrected chi connectivity index (χ4v) is 1.14. The van der Waals surface area contributed by atoms with E-state index in [-0.39, 0.29) is 0 Å². The Morgan fingerprint density at radius 1 is 1.86 bits per heavy atom. The van der Waals surface area contributed by atoms with E-state index in [0.717, 1.165) is 11.2 Å². The molecule has 38 valence electrons. The van der Waals surface area contributed by atoms with Crippen LogP contribution in [0.3, 0.4) is 0 Å². The minimum Gasteiger partial charge on any atom is -0.227 e. The molecule has 1 heterocycles. The molecule has 0 spiro atoms. The molecule has 4 heteroatoms. The highest BCUT2D eigenvalue weighted by molar-refractivity contribution is 9.08. The molecule has 1 aromatic heterocycles. The second-order valence-corrected chi connectivity index (χ2v) is 2.15. The predicted octanol–water partition coefficient (Wildman–Crippen LogP) is 1.43. The van der Waals surface area contributed by atoms with E-state index in [1.807, 2.05) is 0 Å². The maximum Gasteiger partial charge on any atom is 0.152 e. The normalized spacial score (nSPS) is 9.29. The van der Waals surface area contributed by atoms with Gasteiger partial charge in [0.25, 0.3) is 0 Å². The zero-order chi connectivity index (χ0) is 5.11. The molecule has 7 heavy (non-hydrogen) atoms. The van der Waals surface area contributed by atoms with E-state index in [9.17, 15) is 0 Å². The van der Waals surface area contributed by atoms with Crippen LogP contribution in [0.4, 0.5) is 0 Å². The van der Waals surface area contributed by atoms with Gasteiger partial charge in [-0.15, -0.1) is 0 Å². The van der Waals surface area contributed by atoms with Gasteiger partial charge in [-0.2, -0.15) is 4.37 Å². The van der Waals surface area contributed by atoms with E-state index in [4.69, 9.17) is 0 Å². The van der Waals surface area contributed by atoms with Crippen molar-refractivity contribution in [3.63, 3.8) is 0 Å². The zero-order valence-corrected chi connectivity index (χ0v) is 5.87. The molecule has 0 aliphatic heterocycles. The summed E-state index contributed by atoms with van der Waals surface area (Å²) in [7, 11) is 0. The lowest BCUT2D eigenvalue weighted by Gasteiger charge is -1.73. The van der Waals surface area contributed by atoms with Crippen LogP contribution in [-0.4, -0.2) is 9.36 Å². The first kappa shape index (κ1) is 5.18. The Bertz CT molecular complexity index is 127. The molecule has 0 bridgehead atoms. The highest BCUT2D eigenvalue weighted by Crippen LogP contribution is 1.98. The molecule has 0 unspecified atom stereocenters. The average Bonchev–Trinajstić information content (AvgIpc) is 2.14. The molecule has 0 aliphatic rings. The fraction of sp³-hybridized carbons (Fsp3) is 0.333. The highest BCUT2D eigenvalue weighted by atomic mass is 79.9. The van der Waals surface area contributed by atoms with Crippen LogP contribution in [0, 0.1) is 0 Å². The van der Waals surface area contributed by atoms with E-state index in [1.54, 1.807) is 5.51 Å². The third-order valence-corrected chi connectivity index (χ3v) is 1.54. The van der Waals surface area contributed by atoms with Crippen LogP contribution in [0.5, 0.6) is 0 Å². The van der Waals surface area contributed by atoms with Crippen LogP contribution >= 0.6 is 27.5 Å². The highest BCUT2D eigenvalue weighted by Gasteiger charge is 1.87. The first-order chi connectivity index (χ1) is 3.43. The van der Waals surface area contributed by atoms with Crippen molar-refractivity contribution in [2.45, 2.75) is 5.33 Å². The molecule has 0 aliphatic carbocycles. The van der Waals surface area contributed by atoms with Crippen LogP contribution in [0.25, 0.3) is 0 Å². The minimum atomic E-state index is 0.760. The van der Waals surface area contributed by atoms with E-state index < -0.39 is 0 Å². The third kappa shape index (κ3) is 1.21. The Labute approximate surface area is 53.9 Å². The molecule has 0 saturated carbocycles. The minimum absolute atomic E-state index is 0.760. The Morgan fingerprint density at radius 3 is 3.00 bits per heavy atom. The molecule has 1 rings (SSSR count). The number of nitrogens with zero attached hydrogens (tertiary/aromatic N) is 2. The molecule has 0 N–H and O–H groups in total. The molecule has 0 atom stereocenters. The average molecular weight is 179 g/mol. The molecule has 0 aromatic carbocycles. The van der Waals surface area contributed by atoms with Crippen LogP contribution in [-0.2, 0) is 5.33 Å². The van der Waals surface area contributed by atoms with Crippen LogP contribution < -0.4 is 0 Å². The number of halogens is 1. The SMILES string of the molecule is BrCc1ncsn1. The van der Waals surface area contributed by atoms with Gasteiger partial charge in [0, 0.05) is 0 Å². The fourth-order valence-electron chi connectivity index (χ4n) is 0.251. The molecule has 0 saturated heterocycles. The van der Waals surface area contributed by atoms with Gasteiger partial charge in [-0.3, -0.25) is 0 Å². The van der Waals surface area contributed by atoms with Crippen molar-refractivity contribution in [3.8, 4) is 0 Å². The van der Waals surface area contributed by atoms with Gasteiger partial charge >= 0.3 is 0 Å². The number of aromatic nitrogens is 2. The molecular formula is C3H3BrN2S. The van der Waals surface area contributed by atoms with E-state index in [2.05, 4.69) is 25.3 Å². The molecule has 2 nitrogen and oxygen atoms in total. The smallest absolute Gasteiger partial charge is 0.152 e. The van der Waals surface area contributed by atoms with Crippen molar-refractivity contribution in [2.75, 3.05) is 0 Å². The predicted molar refractivity (Wildman–Crippen MR) is 32.5 cm³/mol. The van der Waals surface area contributed by atoms with Gasteiger partial charge in [0.15, 0.2) is 5.82 Å². The summed E-state index contributed by atoms with van der Waals surface area (Å²) in [6.07, 6.45) is 0. The molecule has 0 fully saturated rings. The van der Waals surface area contributed by atoms with Crippen molar-refractivity contribution < 1.29 is 0 Å². The maximum atomic E-state index is 3.92. The van der Waals surface area contributed by atoms with Crippen LogP contribution in [0.2, 0.25) is 0 Å². The molecule has 0 radical (unpaired) electrons. The Balaban J connectivity index is 2.76. The first-order valence-electron chi connectivity index (χ1n) is 1.74. The second kappa shape index (κ2) is 2.37. The largest absolute Gasteiger partial charge is 0.227 e. The van der Waals surface area contributed by atoms with Crippen molar-refractivity contribution in [3.05, 3.63) is 11.3 Å². The monoisotopic (exact) mass is 178 g/mol. The summed E-state index contributed by atoms with van der Waals surface area (Å²) in [6.45, 7) is 0. The van der Waals surface area contributed by atoms with Gasteiger partial charge in [0.1, 0.15) is 5.51 Å². The summed E-state index contributed by atoms with van der Waals surface area (Å²) in [5.41, 5.74) is 1.72. The van der Waals surface area contributed by atoms with Gasteiger partial charge in [-0.05, 0) is 11.5 Å². The van der Waals surface area contributed by atoms with Crippen molar-refractivity contribution >= 4 is 27.5 Å². The van der Waals surface area contributed by atoms with Gasteiger partial charge in [0.2, 0.25) is 0 Å². The lowest BCUT2D eigenvalue weighted by Crippen LogP contribution is -1.75. The number of hydrogen-bond donors (Lipinski definition) is 0. The lowest BCUT2D eigenvalue weighted by molar-refractivity contribution is 1.15. The van der Waals surface area contributed by atoms with Crippen molar-refractivity contribution in [1.82, 2.24) is 9.36 Å². The standard InChI is InChI=1S/C3H3BrN2S/c4-1-3-5-2-7-6-3/h2H,1H2. The van der Waals surface area contributed by atoms with Crippen molar-refractivity contribution in [2.24, 2.45) is 0 Å². The van der Waals surface area contributed by atoms with Gasteiger partial charge in [-0.25, -0.2) is 4.98 Å². The summed E-state index contributed by atoms with van der Waals surface area (Å²) in [4.78, 5) is 3.90. The molecular weight excluding hydrogens is 176 g/mol. The van der Waals surface area contributed by atoms with E-state index >= 15 is 0 Å². The Kier molecular flexibility index (Phi) is 1.76. The Hall–Kier alpha value is 0.0400. The quantitative estimate of drug-likeness (QED) is 0.609. The van der Waals surface area contributed by atoms with E-state index in [0.29, 0.717) is 0 Å². The van der Waals surface area contributed by atoms with Gasteiger partial charge in [0.05, 0.1) is 5.33 Å². The second-order valence-electron chi connectivity index (χ2n) is 0.981. The van der Waals surface area contributed by atoms with Gasteiger partial charge < -0.3 is 0 Å². The van der Waals surface area contributed by atoms with E-state index in [1.165, 1.54) is 11.5 Å². The summed E-state index contributed by atoms with van der Waals surface area (Å²) in [5, 5.41) is 0.760.